The van der Waals surface area contributed by atoms with Crippen LogP contribution in [0.5, 0.6) is 0 Å². The standard InChI is InChI=1S/C13H18FNO/c1-3-7-15(8-4-2)12-6-5-11(10-16)13(14)9-12/h5-6,9-10H,3-4,7-8H2,1-2H3. The number of hydrogen-bond acceptors (Lipinski definition) is 2. The molecule has 0 fully saturated rings. The highest BCUT2D eigenvalue weighted by Gasteiger charge is 2.07. The highest BCUT2D eigenvalue weighted by atomic mass is 19.1. The molecule has 0 aliphatic rings. The Bertz CT molecular complexity index is 346. The third-order valence-corrected chi connectivity index (χ3v) is 2.46. The number of rotatable bonds is 6. The van der Waals surface area contributed by atoms with Crippen LogP contribution in [0.4, 0.5) is 10.1 Å². The van der Waals surface area contributed by atoms with Crippen LogP contribution in [0.25, 0.3) is 0 Å². The predicted molar refractivity (Wildman–Crippen MR) is 64.6 cm³/mol. The minimum absolute atomic E-state index is 0.122. The quantitative estimate of drug-likeness (QED) is 0.690. The van der Waals surface area contributed by atoms with Gasteiger partial charge in [-0.3, -0.25) is 4.79 Å². The molecule has 0 spiro atoms. The van der Waals surface area contributed by atoms with Gasteiger partial charge in [0.15, 0.2) is 6.29 Å². The molecule has 2 nitrogen and oxygen atoms in total. The van der Waals surface area contributed by atoms with Gasteiger partial charge in [-0.05, 0) is 31.0 Å². The molecule has 0 unspecified atom stereocenters. The minimum Gasteiger partial charge on any atom is -0.371 e. The molecule has 1 rings (SSSR count). The summed E-state index contributed by atoms with van der Waals surface area (Å²) in [4.78, 5) is 12.6. The molecule has 0 heterocycles. The minimum atomic E-state index is -0.440. The van der Waals surface area contributed by atoms with Crippen LogP contribution >= 0.6 is 0 Å². The van der Waals surface area contributed by atoms with Gasteiger partial charge in [-0.25, -0.2) is 4.39 Å². The second kappa shape index (κ2) is 6.26. The van der Waals surface area contributed by atoms with E-state index in [2.05, 4.69) is 18.7 Å². The van der Waals surface area contributed by atoms with Gasteiger partial charge in [0.1, 0.15) is 5.82 Å². The summed E-state index contributed by atoms with van der Waals surface area (Å²) in [7, 11) is 0. The lowest BCUT2D eigenvalue weighted by Gasteiger charge is -2.23. The van der Waals surface area contributed by atoms with E-state index < -0.39 is 5.82 Å². The zero-order valence-electron chi connectivity index (χ0n) is 9.87. The van der Waals surface area contributed by atoms with E-state index in [0.29, 0.717) is 6.29 Å². The number of aldehydes is 1. The lowest BCUT2D eigenvalue weighted by Crippen LogP contribution is -2.24. The molecule has 0 saturated heterocycles. The molecular weight excluding hydrogens is 205 g/mol. The SMILES string of the molecule is CCCN(CCC)c1ccc(C=O)c(F)c1. The number of anilines is 1. The van der Waals surface area contributed by atoms with E-state index in [9.17, 15) is 9.18 Å². The molecule has 0 saturated carbocycles. The second-order valence-electron chi connectivity index (χ2n) is 3.81. The van der Waals surface area contributed by atoms with Gasteiger partial charge in [-0.1, -0.05) is 13.8 Å². The average molecular weight is 223 g/mol. The molecule has 0 N–H and O–H groups in total. The molecular formula is C13H18FNO. The van der Waals surface area contributed by atoms with Crippen LogP contribution in [0, 0.1) is 5.82 Å². The van der Waals surface area contributed by atoms with Gasteiger partial charge in [0, 0.05) is 18.8 Å². The van der Waals surface area contributed by atoms with E-state index in [1.165, 1.54) is 12.1 Å². The molecule has 0 aromatic heterocycles. The Morgan fingerprint density at radius 3 is 2.31 bits per heavy atom. The Kier molecular flexibility index (Phi) is 4.96. The molecule has 0 bridgehead atoms. The lowest BCUT2D eigenvalue weighted by atomic mass is 10.2. The lowest BCUT2D eigenvalue weighted by molar-refractivity contribution is 0.112. The number of nitrogens with zero attached hydrogens (tertiary/aromatic N) is 1. The zero-order chi connectivity index (χ0) is 12.0. The van der Waals surface area contributed by atoms with Crippen molar-refractivity contribution in [1.29, 1.82) is 0 Å². The Morgan fingerprint density at radius 2 is 1.88 bits per heavy atom. The Balaban J connectivity index is 2.91. The molecule has 0 atom stereocenters. The molecule has 1 aromatic rings. The number of carbonyl (C=O) groups excluding carboxylic acids is 1. The summed E-state index contributed by atoms with van der Waals surface area (Å²) >= 11 is 0. The number of hydrogen-bond donors (Lipinski definition) is 0. The number of carbonyl (C=O) groups is 1. The van der Waals surface area contributed by atoms with Crippen LogP contribution in [0.1, 0.15) is 37.0 Å². The van der Waals surface area contributed by atoms with E-state index in [1.54, 1.807) is 6.07 Å². The Morgan fingerprint density at radius 1 is 1.25 bits per heavy atom. The fraction of sp³-hybridized carbons (Fsp3) is 0.462. The van der Waals surface area contributed by atoms with Gasteiger partial charge in [0.25, 0.3) is 0 Å². The molecule has 3 heteroatoms. The van der Waals surface area contributed by atoms with Crippen molar-refractivity contribution in [3.63, 3.8) is 0 Å². The Hall–Kier alpha value is -1.38. The van der Waals surface area contributed by atoms with Gasteiger partial charge in [-0.2, -0.15) is 0 Å². The maximum absolute atomic E-state index is 13.4. The average Bonchev–Trinajstić information content (AvgIpc) is 2.28. The molecule has 0 aliphatic carbocycles. The van der Waals surface area contributed by atoms with Crippen molar-refractivity contribution in [1.82, 2.24) is 0 Å². The smallest absolute Gasteiger partial charge is 0.152 e. The predicted octanol–water partition coefficient (Wildman–Crippen LogP) is 3.26. The fourth-order valence-electron chi connectivity index (χ4n) is 1.72. The summed E-state index contributed by atoms with van der Waals surface area (Å²) in [6.07, 6.45) is 2.59. The second-order valence-corrected chi connectivity index (χ2v) is 3.81. The van der Waals surface area contributed by atoms with E-state index in [-0.39, 0.29) is 5.56 Å². The van der Waals surface area contributed by atoms with E-state index in [1.807, 2.05) is 0 Å². The van der Waals surface area contributed by atoms with Crippen LogP contribution in [0.2, 0.25) is 0 Å². The molecule has 0 aliphatic heterocycles. The van der Waals surface area contributed by atoms with Crippen molar-refractivity contribution < 1.29 is 9.18 Å². The zero-order valence-corrected chi connectivity index (χ0v) is 9.87. The van der Waals surface area contributed by atoms with Crippen LogP contribution < -0.4 is 4.90 Å². The maximum Gasteiger partial charge on any atom is 0.152 e. The normalized spacial score (nSPS) is 10.2. The summed E-state index contributed by atoms with van der Waals surface area (Å²) in [5.41, 5.74) is 0.975. The topological polar surface area (TPSA) is 20.3 Å². The first kappa shape index (κ1) is 12.7. The largest absolute Gasteiger partial charge is 0.371 e. The third-order valence-electron chi connectivity index (χ3n) is 2.46. The van der Waals surface area contributed by atoms with Crippen molar-refractivity contribution in [2.45, 2.75) is 26.7 Å². The van der Waals surface area contributed by atoms with E-state index in [4.69, 9.17) is 0 Å². The van der Waals surface area contributed by atoms with Crippen LogP contribution in [-0.4, -0.2) is 19.4 Å². The molecule has 88 valence electrons. The van der Waals surface area contributed by atoms with Gasteiger partial charge in [-0.15, -0.1) is 0 Å². The third kappa shape index (κ3) is 3.05. The highest BCUT2D eigenvalue weighted by Crippen LogP contribution is 2.18. The van der Waals surface area contributed by atoms with E-state index >= 15 is 0 Å². The first-order valence-electron chi connectivity index (χ1n) is 5.72. The summed E-state index contributed by atoms with van der Waals surface area (Å²) in [6.45, 7) is 6.01. The van der Waals surface area contributed by atoms with Crippen molar-refractivity contribution in [3.8, 4) is 0 Å². The first-order valence-corrected chi connectivity index (χ1v) is 5.72. The molecule has 1 aromatic carbocycles. The van der Waals surface area contributed by atoms with Crippen molar-refractivity contribution in [2.75, 3.05) is 18.0 Å². The summed E-state index contributed by atoms with van der Waals surface area (Å²) < 4.78 is 13.4. The highest BCUT2D eigenvalue weighted by molar-refractivity contribution is 5.76. The summed E-state index contributed by atoms with van der Waals surface area (Å²) in [5.74, 6) is -0.440. The number of halogens is 1. The number of benzene rings is 1. The monoisotopic (exact) mass is 223 g/mol. The molecule has 0 amide bonds. The van der Waals surface area contributed by atoms with Gasteiger partial charge < -0.3 is 4.90 Å². The van der Waals surface area contributed by atoms with E-state index in [0.717, 1.165) is 31.6 Å². The van der Waals surface area contributed by atoms with Crippen molar-refractivity contribution in [3.05, 3.63) is 29.6 Å². The van der Waals surface area contributed by atoms with Crippen molar-refractivity contribution >= 4 is 12.0 Å². The van der Waals surface area contributed by atoms with Gasteiger partial charge >= 0.3 is 0 Å². The van der Waals surface area contributed by atoms with Crippen LogP contribution in [0.3, 0.4) is 0 Å². The molecule has 0 radical (unpaired) electrons. The molecule has 16 heavy (non-hydrogen) atoms. The Labute approximate surface area is 96.1 Å². The summed E-state index contributed by atoms with van der Waals surface area (Å²) in [6, 6.07) is 4.78. The van der Waals surface area contributed by atoms with Gasteiger partial charge in [0.05, 0.1) is 5.56 Å². The van der Waals surface area contributed by atoms with Crippen LogP contribution in [-0.2, 0) is 0 Å². The summed E-state index contributed by atoms with van der Waals surface area (Å²) in [5, 5.41) is 0. The van der Waals surface area contributed by atoms with Gasteiger partial charge in [0.2, 0.25) is 0 Å². The van der Waals surface area contributed by atoms with Crippen molar-refractivity contribution in [2.24, 2.45) is 0 Å². The maximum atomic E-state index is 13.4. The van der Waals surface area contributed by atoms with Crippen LogP contribution in [0.15, 0.2) is 18.2 Å². The fourth-order valence-corrected chi connectivity index (χ4v) is 1.72. The first-order chi connectivity index (χ1) is 7.72.